The number of benzene rings is 2. The van der Waals surface area contributed by atoms with Crippen LogP contribution in [0.1, 0.15) is 5.89 Å². The van der Waals surface area contributed by atoms with Crippen molar-refractivity contribution in [2.45, 2.75) is 6.54 Å². The summed E-state index contributed by atoms with van der Waals surface area (Å²) >= 11 is 0.970. The van der Waals surface area contributed by atoms with Gasteiger partial charge in [0.05, 0.1) is 11.4 Å². The van der Waals surface area contributed by atoms with Crippen LogP contribution in [0.25, 0.3) is 21.5 Å². The molecule has 27 heavy (non-hydrogen) atoms. The fourth-order valence-electron chi connectivity index (χ4n) is 2.65. The van der Waals surface area contributed by atoms with Crippen molar-refractivity contribution in [1.29, 1.82) is 0 Å². The number of fused-ring (bicyclic) bond motifs is 1. The summed E-state index contributed by atoms with van der Waals surface area (Å²) in [5.41, 5.74) is 2.39. The van der Waals surface area contributed by atoms with Gasteiger partial charge >= 0.3 is 4.87 Å². The zero-order chi connectivity index (χ0) is 18.6. The van der Waals surface area contributed by atoms with Crippen LogP contribution in [-0.4, -0.2) is 28.2 Å². The standard InChI is InChI=1S/C19H17N3O4S/c23-18-17(27-19(24)22-18)12-5-7-13(8-6-12)25-10-9-20-11-16-21-14-3-1-2-4-15(14)26-16/h1-8,20,23H,9-11H2,(H,22,24). The Morgan fingerprint density at radius 2 is 2.00 bits per heavy atom. The van der Waals surface area contributed by atoms with Gasteiger partial charge < -0.3 is 19.6 Å². The molecule has 4 aromatic rings. The first kappa shape index (κ1) is 17.3. The number of H-pyrrole nitrogens is 1. The summed E-state index contributed by atoms with van der Waals surface area (Å²) in [4.78, 5) is 18.3. The molecule has 0 amide bonds. The van der Waals surface area contributed by atoms with E-state index in [1.165, 1.54) is 0 Å². The van der Waals surface area contributed by atoms with Crippen molar-refractivity contribution < 1.29 is 14.3 Å². The van der Waals surface area contributed by atoms with E-state index in [1.54, 1.807) is 24.3 Å². The van der Waals surface area contributed by atoms with Crippen LogP contribution >= 0.6 is 11.3 Å². The number of aromatic hydroxyl groups is 1. The minimum absolute atomic E-state index is 0.109. The normalized spacial score (nSPS) is 11.1. The van der Waals surface area contributed by atoms with Gasteiger partial charge in [-0.3, -0.25) is 9.78 Å². The van der Waals surface area contributed by atoms with E-state index in [0.717, 1.165) is 28.0 Å². The highest BCUT2D eigenvalue weighted by Gasteiger charge is 2.09. The third kappa shape index (κ3) is 4.02. The van der Waals surface area contributed by atoms with E-state index in [1.807, 2.05) is 24.3 Å². The van der Waals surface area contributed by atoms with Gasteiger partial charge in [-0.05, 0) is 42.0 Å². The van der Waals surface area contributed by atoms with Crippen LogP contribution in [0.4, 0.5) is 0 Å². The predicted octanol–water partition coefficient (Wildman–Crippen LogP) is 3.12. The number of nitrogens with one attached hydrogen (secondary N) is 2. The maximum Gasteiger partial charge on any atom is 0.307 e. The summed E-state index contributed by atoms with van der Waals surface area (Å²) in [6, 6.07) is 14.9. The molecule has 2 aromatic heterocycles. The van der Waals surface area contributed by atoms with Gasteiger partial charge in [-0.25, -0.2) is 4.98 Å². The maximum absolute atomic E-state index is 11.3. The first-order valence-corrected chi connectivity index (χ1v) is 9.21. The molecule has 0 atom stereocenters. The van der Waals surface area contributed by atoms with Crippen molar-refractivity contribution in [3.8, 4) is 22.1 Å². The minimum Gasteiger partial charge on any atom is -0.493 e. The molecule has 7 nitrogen and oxygen atoms in total. The van der Waals surface area contributed by atoms with E-state index in [9.17, 15) is 9.90 Å². The van der Waals surface area contributed by atoms with Gasteiger partial charge in [-0.1, -0.05) is 23.5 Å². The lowest BCUT2D eigenvalue weighted by molar-refractivity contribution is 0.310. The SMILES string of the molecule is O=c1[nH]c(O)c(-c2ccc(OCCNCc3nc4ccccc4o3)cc2)s1. The molecule has 0 saturated carbocycles. The first-order chi connectivity index (χ1) is 13.2. The van der Waals surface area contributed by atoms with Crippen molar-refractivity contribution in [3.05, 3.63) is 64.1 Å². The molecule has 0 bridgehead atoms. The van der Waals surface area contributed by atoms with Crippen molar-refractivity contribution in [2.75, 3.05) is 13.2 Å². The first-order valence-electron chi connectivity index (χ1n) is 8.39. The lowest BCUT2D eigenvalue weighted by Gasteiger charge is -2.07. The number of nitrogens with zero attached hydrogens (tertiary/aromatic N) is 1. The number of aromatic amines is 1. The van der Waals surface area contributed by atoms with Crippen LogP contribution in [-0.2, 0) is 6.54 Å². The quantitative estimate of drug-likeness (QED) is 0.424. The number of hydrogen-bond acceptors (Lipinski definition) is 7. The van der Waals surface area contributed by atoms with Crippen molar-refractivity contribution in [2.24, 2.45) is 0 Å². The van der Waals surface area contributed by atoms with E-state index in [0.29, 0.717) is 36.2 Å². The summed E-state index contributed by atoms with van der Waals surface area (Å²) in [5.74, 6) is 1.25. The number of para-hydroxylation sites is 2. The predicted molar refractivity (Wildman–Crippen MR) is 103 cm³/mol. The number of rotatable bonds is 7. The largest absolute Gasteiger partial charge is 0.493 e. The average molecular weight is 383 g/mol. The summed E-state index contributed by atoms with van der Waals surface area (Å²) in [6.07, 6.45) is 0. The third-order valence-corrected chi connectivity index (χ3v) is 4.83. The van der Waals surface area contributed by atoms with Gasteiger partial charge in [0.25, 0.3) is 0 Å². The summed E-state index contributed by atoms with van der Waals surface area (Å²) < 4.78 is 11.3. The Kier molecular flexibility index (Phi) is 4.91. The molecular weight excluding hydrogens is 366 g/mol. The Morgan fingerprint density at radius 3 is 2.74 bits per heavy atom. The molecule has 3 N–H and O–H groups in total. The zero-order valence-corrected chi connectivity index (χ0v) is 15.1. The van der Waals surface area contributed by atoms with Gasteiger partial charge in [0.15, 0.2) is 5.58 Å². The number of thiazole rings is 1. The third-order valence-electron chi connectivity index (χ3n) is 3.91. The summed E-state index contributed by atoms with van der Waals surface area (Å²) in [6.45, 7) is 1.66. The van der Waals surface area contributed by atoms with Crippen molar-refractivity contribution in [3.63, 3.8) is 0 Å². The van der Waals surface area contributed by atoms with Crippen LogP contribution in [0.5, 0.6) is 11.6 Å². The number of ether oxygens (including phenoxy) is 1. The Morgan fingerprint density at radius 1 is 1.19 bits per heavy atom. The van der Waals surface area contributed by atoms with Gasteiger partial charge in [0.2, 0.25) is 11.8 Å². The molecule has 0 radical (unpaired) electrons. The van der Waals surface area contributed by atoms with Crippen molar-refractivity contribution >= 4 is 22.4 Å². The molecule has 138 valence electrons. The maximum atomic E-state index is 11.3. The molecule has 0 saturated heterocycles. The smallest absolute Gasteiger partial charge is 0.307 e. The van der Waals surface area contributed by atoms with Gasteiger partial charge in [-0.15, -0.1) is 0 Å². The summed E-state index contributed by atoms with van der Waals surface area (Å²) in [7, 11) is 0. The number of aromatic nitrogens is 2. The number of oxazole rings is 1. The van der Waals surface area contributed by atoms with Crippen LogP contribution in [0.3, 0.4) is 0 Å². The van der Waals surface area contributed by atoms with E-state index in [4.69, 9.17) is 9.15 Å². The zero-order valence-electron chi connectivity index (χ0n) is 14.3. The molecule has 2 heterocycles. The second kappa shape index (κ2) is 7.65. The molecular formula is C19H17N3O4S. The molecule has 8 heteroatoms. The fraction of sp³-hybridized carbons (Fsp3) is 0.158. The van der Waals surface area contributed by atoms with Crippen LogP contribution in [0.15, 0.2) is 57.7 Å². The van der Waals surface area contributed by atoms with Crippen LogP contribution in [0, 0.1) is 0 Å². The van der Waals surface area contributed by atoms with Crippen molar-refractivity contribution in [1.82, 2.24) is 15.3 Å². The average Bonchev–Trinajstić information content (AvgIpc) is 3.24. The molecule has 2 aromatic carbocycles. The van der Waals surface area contributed by atoms with Crippen LogP contribution < -0.4 is 14.9 Å². The molecule has 0 aliphatic heterocycles. The Hall–Kier alpha value is -3.10. The molecule has 0 unspecified atom stereocenters. The fourth-order valence-corrected chi connectivity index (χ4v) is 3.38. The highest BCUT2D eigenvalue weighted by atomic mass is 32.1. The molecule has 0 aliphatic carbocycles. The Labute approximate surface area is 158 Å². The lowest BCUT2D eigenvalue weighted by atomic mass is 10.2. The van der Waals surface area contributed by atoms with Gasteiger partial charge in [0.1, 0.15) is 17.9 Å². The molecule has 0 aliphatic rings. The Balaban J connectivity index is 1.25. The van der Waals surface area contributed by atoms with E-state index >= 15 is 0 Å². The minimum atomic E-state index is -0.284. The van der Waals surface area contributed by atoms with E-state index < -0.39 is 0 Å². The van der Waals surface area contributed by atoms with E-state index in [-0.39, 0.29) is 10.8 Å². The van der Waals surface area contributed by atoms with Gasteiger partial charge in [-0.2, -0.15) is 0 Å². The molecule has 0 fully saturated rings. The highest BCUT2D eigenvalue weighted by Crippen LogP contribution is 2.30. The number of hydrogen-bond donors (Lipinski definition) is 3. The summed E-state index contributed by atoms with van der Waals surface area (Å²) in [5, 5.41) is 12.9. The highest BCUT2D eigenvalue weighted by molar-refractivity contribution is 7.13. The monoisotopic (exact) mass is 383 g/mol. The lowest BCUT2D eigenvalue weighted by Crippen LogP contribution is -2.20. The Bertz CT molecular complexity index is 1070. The van der Waals surface area contributed by atoms with E-state index in [2.05, 4.69) is 15.3 Å². The molecule has 4 rings (SSSR count). The van der Waals surface area contributed by atoms with Gasteiger partial charge in [0, 0.05) is 6.54 Å². The second-order valence-electron chi connectivity index (χ2n) is 5.82. The topological polar surface area (TPSA) is 100 Å². The van der Waals surface area contributed by atoms with Crippen LogP contribution in [0.2, 0.25) is 0 Å². The second-order valence-corrected chi connectivity index (χ2v) is 6.80. The molecule has 0 spiro atoms.